The van der Waals surface area contributed by atoms with Crippen molar-refractivity contribution in [3.63, 3.8) is 0 Å². The predicted molar refractivity (Wildman–Crippen MR) is 145 cm³/mol. The second-order valence-electron chi connectivity index (χ2n) is 9.00. The number of carbonyl (C=O) groups is 2. The Labute approximate surface area is 218 Å². The molecule has 0 unspecified atom stereocenters. The van der Waals surface area contributed by atoms with E-state index in [-0.39, 0.29) is 11.8 Å². The largest absolute Gasteiger partial charge is 0.336 e. The van der Waals surface area contributed by atoms with Crippen molar-refractivity contribution >= 4 is 44.5 Å². The molecule has 0 aliphatic carbocycles. The lowest BCUT2D eigenvalue weighted by atomic mass is 10.2. The third-order valence-corrected chi connectivity index (χ3v) is 7.14. The number of nitrogens with one attached hydrogen (secondary N) is 1. The van der Waals surface area contributed by atoms with Crippen molar-refractivity contribution in [3.05, 3.63) is 94.2 Å². The maximum Gasteiger partial charge on any atom is 0.255 e. The normalized spacial score (nSPS) is 14.2. The molecule has 1 aliphatic heterocycles. The number of hydrogen-bond acceptors (Lipinski definition) is 4. The number of benzene rings is 3. The molecular weight excluding hydrogens is 518 g/mol. The first-order valence-corrected chi connectivity index (χ1v) is 12.9. The summed E-state index contributed by atoms with van der Waals surface area (Å²) in [5, 5.41) is 2.97. The molecule has 7 nitrogen and oxygen atoms in total. The van der Waals surface area contributed by atoms with Crippen LogP contribution in [0.1, 0.15) is 26.5 Å². The molecule has 36 heavy (non-hydrogen) atoms. The lowest BCUT2D eigenvalue weighted by Gasteiger charge is -2.34. The average Bonchev–Trinajstić information content (AvgIpc) is 3.22. The van der Waals surface area contributed by atoms with Crippen LogP contribution in [-0.4, -0.2) is 63.9 Å². The highest BCUT2D eigenvalue weighted by Gasteiger charge is 2.22. The standard InChI is InChI=1S/C28H28BrN5O2/c1-32-25-11-10-23(30-27(35)21-8-5-9-22(29)18-21)19-24(25)31-26(32)12-13-33-14-16-34(17-15-33)28(36)20-6-3-2-4-7-20/h2-11,18-19H,12-17H2,1H3,(H,30,35). The molecule has 4 aromatic rings. The zero-order valence-corrected chi connectivity index (χ0v) is 21.7. The van der Waals surface area contributed by atoms with Gasteiger partial charge in [-0.15, -0.1) is 0 Å². The van der Waals surface area contributed by atoms with Gasteiger partial charge in [-0.2, -0.15) is 0 Å². The van der Waals surface area contributed by atoms with Crippen molar-refractivity contribution in [1.82, 2.24) is 19.4 Å². The van der Waals surface area contributed by atoms with E-state index in [0.717, 1.165) is 71.7 Å². The van der Waals surface area contributed by atoms with Crippen LogP contribution in [0.2, 0.25) is 0 Å². The van der Waals surface area contributed by atoms with Crippen LogP contribution in [0, 0.1) is 0 Å². The maximum atomic E-state index is 12.7. The van der Waals surface area contributed by atoms with Gasteiger partial charge in [0, 0.05) is 67.5 Å². The van der Waals surface area contributed by atoms with Crippen LogP contribution in [0.15, 0.2) is 77.3 Å². The zero-order valence-electron chi connectivity index (χ0n) is 20.2. The molecule has 8 heteroatoms. The number of aryl methyl sites for hydroxylation is 1. The fourth-order valence-corrected chi connectivity index (χ4v) is 4.98. The average molecular weight is 546 g/mol. The van der Waals surface area contributed by atoms with E-state index in [9.17, 15) is 9.59 Å². The lowest BCUT2D eigenvalue weighted by Crippen LogP contribution is -2.49. The van der Waals surface area contributed by atoms with Gasteiger partial charge in [-0.05, 0) is 48.5 Å². The summed E-state index contributed by atoms with van der Waals surface area (Å²) in [6.07, 6.45) is 0.817. The quantitative estimate of drug-likeness (QED) is 0.384. The Kier molecular flexibility index (Phi) is 7.16. The van der Waals surface area contributed by atoms with E-state index in [1.165, 1.54) is 0 Å². The molecule has 1 aliphatic rings. The Morgan fingerprint density at radius 1 is 0.917 bits per heavy atom. The molecule has 0 saturated carbocycles. The third-order valence-electron chi connectivity index (χ3n) is 6.65. The number of fused-ring (bicyclic) bond motifs is 1. The van der Waals surface area contributed by atoms with Gasteiger partial charge in [-0.25, -0.2) is 4.98 Å². The maximum absolute atomic E-state index is 12.7. The van der Waals surface area contributed by atoms with E-state index in [2.05, 4.69) is 30.7 Å². The number of rotatable bonds is 6. The van der Waals surface area contributed by atoms with Gasteiger partial charge in [-0.3, -0.25) is 14.5 Å². The summed E-state index contributed by atoms with van der Waals surface area (Å²) in [6.45, 7) is 4.06. The second kappa shape index (κ2) is 10.6. The number of hydrogen-bond donors (Lipinski definition) is 1. The predicted octanol–water partition coefficient (Wildman–Crippen LogP) is 4.59. The van der Waals surface area contributed by atoms with Gasteiger partial charge in [0.1, 0.15) is 5.82 Å². The highest BCUT2D eigenvalue weighted by atomic mass is 79.9. The topological polar surface area (TPSA) is 70.5 Å². The number of anilines is 1. The highest BCUT2D eigenvalue weighted by molar-refractivity contribution is 9.10. The summed E-state index contributed by atoms with van der Waals surface area (Å²) in [6, 6.07) is 22.6. The molecule has 1 fully saturated rings. The highest BCUT2D eigenvalue weighted by Crippen LogP contribution is 2.21. The van der Waals surface area contributed by atoms with E-state index in [1.54, 1.807) is 12.1 Å². The summed E-state index contributed by atoms with van der Waals surface area (Å²) in [4.78, 5) is 34.5. The first-order chi connectivity index (χ1) is 17.5. The molecule has 2 heterocycles. The van der Waals surface area contributed by atoms with Crippen molar-refractivity contribution in [2.24, 2.45) is 7.05 Å². The lowest BCUT2D eigenvalue weighted by molar-refractivity contribution is 0.0637. The molecular formula is C28H28BrN5O2. The first kappa shape index (κ1) is 24.2. The van der Waals surface area contributed by atoms with E-state index in [1.807, 2.05) is 72.6 Å². The van der Waals surface area contributed by atoms with Crippen molar-refractivity contribution < 1.29 is 9.59 Å². The molecule has 1 saturated heterocycles. The van der Waals surface area contributed by atoms with Crippen LogP contribution in [0.3, 0.4) is 0 Å². The smallest absolute Gasteiger partial charge is 0.255 e. The Balaban J connectivity index is 1.18. The minimum atomic E-state index is -0.156. The van der Waals surface area contributed by atoms with Gasteiger partial charge in [0.2, 0.25) is 0 Å². The third kappa shape index (κ3) is 5.34. The van der Waals surface area contributed by atoms with E-state index >= 15 is 0 Å². The monoisotopic (exact) mass is 545 g/mol. The van der Waals surface area contributed by atoms with Gasteiger partial charge in [0.05, 0.1) is 11.0 Å². The molecule has 2 amide bonds. The van der Waals surface area contributed by atoms with Crippen LogP contribution >= 0.6 is 15.9 Å². The summed E-state index contributed by atoms with van der Waals surface area (Å²) in [5.74, 6) is 0.952. The summed E-state index contributed by atoms with van der Waals surface area (Å²) in [5.41, 5.74) is 3.95. The van der Waals surface area contributed by atoms with Crippen LogP contribution in [-0.2, 0) is 13.5 Å². The fraction of sp³-hybridized carbons (Fsp3) is 0.250. The Hall–Kier alpha value is -3.49. The van der Waals surface area contributed by atoms with Crippen LogP contribution in [0.4, 0.5) is 5.69 Å². The van der Waals surface area contributed by atoms with Crippen molar-refractivity contribution in [2.75, 3.05) is 38.0 Å². The molecule has 1 N–H and O–H groups in total. The number of imidazole rings is 1. The van der Waals surface area contributed by atoms with Crippen molar-refractivity contribution in [2.45, 2.75) is 6.42 Å². The molecule has 5 rings (SSSR count). The summed E-state index contributed by atoms with van der Waals surface area (Å²) < 4.78 is 2.98. The number of nitrogens with zero attached hydrogens (tertiary/aromatic N) is 4. The number of amides is 2. The van der Waals surface area contributed by atoms with Crippen LogP contribution in [0.25, 0.3) is 11.0 Å². The summed E-state index contributed by atoms with van der Waals surface area (Å²) >= 11 is 3.41. The Morgan fingerprint density at radius 3 is 2.42 bits per heavy atom. The van der Waals surface area contributed by atoms with Crippen LogP contribution in [0.5, 0.6) is 0 Å². The molecule has 3 aromatic carbocycles. The molecule has 184 valence electrons. The van der Waals surface area contributed by atoms with Crippen molar-refractivity contribution in [3.8, 4) is 0 Å². The minimum absolute atomic E-state index is 0.105. The molecule has 1 aromatic heterocycles. The molecule has 0 atom stereocenters. The molecule has 0 bridgehead atoms. The van der Waals surface area contributed by atoms with Gasteiger partial charge >= 0.3 is 0 Å². The van der Waals surface area contributed by atoms with Gasteiger partial charge in [0.15, 0.2) is 0 Å². The van der Waals surface area contributed by atoms with Gasteiger partial charge in [0.25, 0.3) is 11.8 Å². The van der Waals surface area contributed by atoms with Gasteiger partial charge in [-0.1, -0.05) is 40.2 Å². The fourth-order valence-electron chi connectivity index (χ4n) is 4.58. The van der Waals surface area contributed by atoms with E-state index < -0.39 is 0 Å². The van der Waals surface area contributed by atoms with Crippen LogP contribution < -0.4 is 5.32 Å². The van der Waals surface area contributed by atoms with Gasteiger partial charge < -0.3 is 14.8 Å². The SMILES string of the molecule is Cn1c(CCN2CCN(C(=O)c3ccccc3)CC2)nc2cc(NC(=O)c3cccc(Br)c3)ccc21. The van der Waals surface area contributed by atoms with Crippen molar-refractivity contribution in [1.29, 1.82) is 0 Å². The Bertz CT molecular complexity index is 1390. The minimum Gasteiger partial charge on any atom is -0.336 e. The van der Waals surface area contributed by atoms with E-state index in [4.69, 9.17) is 4.98 Å². The second-order valence-corrected chi connectivity index (χ2v) is 9.92. The summed E-state index contributed by atoms with van der Waals surface area (Å²) in [7, 11) is 2.03. The number of aromatic nitrogens is 2. The molecule has 0 radical (unpaired) electrons. The number of carbonyl (C=O) groups excluding carboxylic acids is 2. The molecule has 0 spiro atoms. The Morgan fingerprint density at radius 2 is 1.67 bits per heavy atom. The van der Waals surface area contributed by atoms with E-state index in [0.29, 0.717) is 5.56 Å². The number of piperazine rings is 1. The first-order valence-electron chi connectivity index (χ1n) is 12.1. The number of halogens is 1. The zero-order chi connectivity index (χ0) is 25.1.